The Bertz CT molecular complexity index is 726. The van der Waals surface area contributed by atoms with Gasteiger partial charge in [-0.2, -0.15) is 5.10 Å². The molecule has 1 aromatic heterocycles. The molecule has 25 heavy (non-hydrogen) atoms. The van der Waals surface area contributed by atoms with Crippen molar-refractivity contribution in [3.63, 3.8) is 0 Å². The fourth-order valence-electron chi connectivity index (χ4n) is 3.37. The number of urea groups is 1. The second kappa shape index (κ2) is 7.59. The second-order valence-electron chi connectivity index (χ2n) is 6.79. The number of carbonyl (C=O) groups excluding carboxylic acids is 1. The summed E-state index contributed by atoms with van der Waals surface area (Å²) in [7, 11) is 3.97. The van der Waals surface area contributed by atoms with Gasteiger partial charge in [0.2, 0.25) is 0 Å². The molecule has 0 radical (unpaired) electrons. The lowest BCUT2D eigenvalue weighted by Gasteiger charge is -2.23. The molecule has 1 fully saturated rings. The normalized spacial score (nSPS) is 16.9. The van der Waals surface area contributed by atoms with Gasteiger partial charge < -0.3 is 15.1 Å². The highest BCUT2D eigenvalue weighted by molar-refractivity contribution is 5.93. The largest absolute Gasteiger partial charge is 0.373 e. The molecule has 0 unspecified atom stereocenters. The summed E-state index contributed by atoms with van der Waals surface area (Å²) in [6.45, 7) is 4.60. The third kappa shape index (κ3) is 4.13. The van der Waals surface area contributed by atoms with E-state index in [2.05, 4.69) is 28.4 Å². The van der Waals surface area contributed by atoms with Crippen molar-refractivity contribution in [2.75, 3.05) is 36.9 Å². The molecular weight excluding hydrogens is 314 g/mol. The van der Waals surface area contributed by atoms with Crippen molar-refractivity contribution in [1.82, 2.24) is 14.7 Å². The van der Waals surface area contributed by atoms with E-state index in [1.54, 1.807) is 0 Å². The third-order valence-corrected chi connectivity index (χ3v) is 4.89. The number of rotatable bonds is 5. The number of likely N-dealkylation sites (tertiary alicyclic amines) is 1. The van der Waals surface area contributed by atoms with E-state index in [9.17, 15) is 4.79 Å². The molecule has 134 valence electrons. The minimum Gasteiger partial charge on any atom is -0.373 e. The van der Waals surface area contributed by atoms with Crippen LogP contribution in [-0.2, 0) is 13.5 Å². The zero-order valence-electron chi connectivity index (χ0n) is 15.3. The Hall–Kier alpha value is -2.50. The molecule has 6 heteroatoms. The molecule has 1 aliphatic heterocycles. The van der Waals surface area contributed by atoms with Gasteiger partial charge in [-0.3, -0.25) is 4.68 Å². The zero-order valence-corrected chi connectivity index (χ0v) is 15.3. The van der Waals surface area contributed by atoms with Crippen LogP contribution in [0.5, 0.6) is 0 Å². The maximum Gasteiger partial charge on any atom is 0.321 e. The summed E-state index contributed by atoms with van der Waals surface area (Å²) in [6.07, 6.45) is 5.99. The molecule has 1 N–H and O–H groups in total. The van der Waals surface area contributed by atoms with Crippen LogP contribution in [0.25, 0.3) is 0 Å². The Morgan fingerprint density at radius 1 is 1.40 bits per heavy atom. The van der Waals surface area contributed by atoms with Gasteiger partial charge in [0, 0.05) is 39.9 Å². The smallest absolute Gasteiger partial charge is 0.321 e. The fourth-order valence-corrected chi connectivity index (χ4v) is 3.37. The second-order valence-corrected chi connectivity index (χ2v) is 6.79. The molecule has 1 aromatic carbocycles. The van der Waals surface area contributed by atoms with E-state index >= 15 is 0 Å². The molecule has 2 heterocycles. The molecule has 1 atom stereocenters. The van der Waals surface area contributed by atoms with E-state index in [0.29, 0.717) is 5.92 Å². The van der Waals surface area contributed by atoms with Crippen molar-refractivity contribution < 1.29 is 4.79 Å². The number of nitrogens with zero attached hydrogens (tertiary/aromatic N) is 4. The predicted octanol–water partition coefficient (Wildman–Crippen LogP) is 2.97. The van der Waals surface area contributed by atoms with Crippen molar-refractivity contribution in [3.8, 4) is 0 Å². The van der Waals surface area contributed by atoms with E-state index in [4.69, 9.17) is 0 Å². The minimum atomic E-state index is -0.00867. The number of nitrogens with one attached hydrogen (secondary N) is 1. The first-order valence-corrected chi connectivity index (χ1v) is 8.90. The first kappa shape index (κ1) is 17.3. The summed E-state index contributed by atoms with van der Waals surface area (Å²) >= 11 is 0. The van der Waals surface area contributed by atoms with Gasteiger partial charge >= 0.3 is 6.03 Å². The Labute approximate surface area is 149 Å². The Balaban J connectivity index is 1.59. The Kier molecular flexibility index (Phi) is 5.26. The summed E-state index contributed by atoms with van der Waals surface area (Å²) in [4.78, 5) is 16.7. The topological polar surface area (TPSA) is 53.4 Å². The number of benzene rings is 1. The van der Waals surface area contributed by atoms with Gasteiger partial charge in [0.05, 0.1) is 17.6 Å². The number of amides is 2. The van der Waals surface area contributed by atoms with Crippen LogP contribution < -0.4 is 10.2 Å². The molecule has 1 aliphatic rings. The average molecular weight is 341 g/mol. The lowest BCUT2D eigenvalue weighted by Crippen LogP contribution is -2.33. The first-order chi connectivity index (χ1) is 12.1. The number of hydrogen-bond acceptors (Lipinski definition) is 3. The van der Waals surface area contributed by atoms with Crippen molar-refractivity contribution in [3.05, 3.63) is 42.2 Å². The van der Waals surface area contributed by atoms with E-state index in [-0.39, 0.29) is 6.03 Å². The van der Waals surface area contributed by atoms with Crippen LogP contribution in [0.15, 0.2) is 36.7 Å². The molecule has 6 nitrogen and oxygen atoms in total. The fraction of sp³-hybridized carbons (Fsp3) is 0.474. The number of para-hydroxylation sites is 2. The average Bonchev–Trinajstić information content (AvgIpc) is 3.24. The maximum atomic E-state index is 12.7. The van der Waals surface area contributed by atoms with Gasteiger partial charge in [0.25, 0.3) is 0 Å². The van der Waals surface area contributed by atoms with Crippen LogP contribution in [0.2, 0.25) is 0 Å². The highest BCUT2D eigenvalue weighted by atomic mass is 16.2. The summed E-state index contributed by atoms with van der Waals surface area (Å²) < 4.78 is 1.83. The van der Waals surface area contributed by atoms with Crippen LogP contribution in [0.1, 0.15) is 18.9 Å². The van der Waals surface area contributed by atoms with Gasteiger partial charge in [0.15, 0.2) is 0 Å². The van der Waals surface area contributed by atoms with Gasteiger partial charge in [-0.05, 0) is 43.4 Å². The molecule has 0 aliphatic carbocycles. The molecule has 0 saturated carbocycles. The van der Waals surface area contributed by atoms with Crippen LogP contribution in [0.3, 0.4) is 0 Å². The van der Waals surface area contributed by atoms with Crippen molar-refractivity contribution >= 4 is 17.4 Å². The molecular formula is C19H27N5O. The summed E-state index contributed by atoms with van der Waals surface area (Å²) in [5.74, 6) is 0.503. The van der Waals surface area contributed by atoms with Crippen LogP contribution >= 0.6 is 0 Å². The predicted molar refractivity (Wildman–Crippen MR) is 101 cm³/mol. The maximum absolute atomic E-state index is 12.7. The number of hydrogen-bond donors (Lipinski definition) is 1. The molecule has 2 aromatic rings. The Morgan fingerprint density at radius 2 is 2.20 bits per heavy atom. The van der Waals surface area contributed by atoms with Gasteiger partial charge in [-0.1, -0.05) is 12.1 Å². The van der Waals surface area contributed by atoms with Gasteiger partial charge in [-0.25, -0.2) is 4.79 Å². The minimum absolute atomic E-state index is 0.00867. The van der Waals surface area contributed by atoms with E-state index < -0.39 is 0 Å². The summed E-state index contributed by atoms with van der Waals surface area (Å²) in [5.41, 5.74) is 3.15. The lowest BCUT2D eigenvalue weighted by atomic mass is 10.0. The van der Waals surface area contributed by atoms with Gasteiger partial charge in [0.1, 0.15) is 0 Å². The van der Waals surface area contributed by atoms with E-state index in [0.717, 1.165) is 43.9 Å². The first-order valence-electron chi connectivity index (χ1n) is 8.90. The van der Waals surface area contributed by atoms with Crippen LogP contribution in [0.4, 0.5) is 16.2 Å². The third-order valence-electron chi connectivity index (χ3n) is 4.89. The number of aryl methyl sites for hydroxylation is 1. The number of anilines is 2. The van der Waals surface area contributed by atoms with Gasteiger partial charge in [-0.15, -0.1) is 0 Å². The molecule has 0 spiro atoms. The van der Waals surface area contributed by atoms with Crippen molar-refractivity contribution in [2.45, 2.75) is 19.8 Å². The van der Waals surface area contributed by atoms with E-state index in [1.165, 1.54) is 5.56 Å². The molecule has 3 rings (SSSR count). The number of carbonyl (C=O) groups is 1. The summed E-state index contributed by atoms with van der Waals surface area (Å²) in [5, 5.41) is 7.31. The standard InChI is InChI=1S/C19H27N5O/c1-4-22(2)18-8-6-5-7-17(18)21-19(25)24-10-9-15(14-24)11-16-12-20-23(3)13-16/h5-8,12-13,15H,4,9-11,14H2,1-3H3,(H,21,25)/t15-/m0/s1. The highest BCUT2D eigenvalue weighted by Gasteiger charge is 2.27. The SMILES string of the molecule is CCN(C)c1ccccc1NC(=O)N1CC[C@@H](Cc2cnn(C)c2)C1. The molecule has 1 saturated heterocycles. The van der Waals surface area contributed by atoms with Crippen molar-refractivity contribution in [2.24, 2.45) is 13.0 Å². The number of aromatic nitrogens is 2. The monoisotopic (exact) mass is 341 g/mol. The highest BCUT2D eigenvalue weighted by Crippen LogP contribution is 2.26. The Morgan fingerprint density at radius 3 is 2.92 bits per heavy atom. The summed E-state index contributed by atoms with van der Waals surface area (Å²) in [6, 6.07) is 7.94. The molecule has 2 amide bonds. The zero-order chi connectivity index (χ0) is 17.8. The lowest BCUT2D eigenvalue weighted by molar-refractivity contribution is 0.221. The quantitative estimate of drug-likeness (QED) is 0.910. The van der Waals surface area contributed by atoms with Crippen LogP contribution in [-0.4, -0.2) is 47.4 Å². The van der Waals surface area contributed by atoms with E-state index in [1.807, 2.05) is 54.1 Å². The molecule has 0 bridgehead atoms. The van der Waals surface area contributed by atoms with Crippen molar-refractivity contribution in [1.29, 1.82) is 0 Å². The van der Waals surface area contributed by atoms with Crippen LogP contribution in [0, 0.1) is 5.92 Å².